The van der Waals surface area contributed by atoms with E-state index < -0.39 is 29.6 Å². The van der Waals surface area contributed by atoms with Crippen LogP contribution >= 0.6 is 0 Å². The Morgan fingerprint density at radius 1 is 0.913 bits per heavy atom. The molecule has 8 heteroatoms. The fraction of sp³-hybridized carbons (Fsp3) is 0.447. The molecule has 0 unspecified atom stereocenters. The van der Waals surface area contributed by atoms with Gasteiger partial charge >= 0.3 is 0 Å². The number of hydrogen-bond acceptors (Lipinski definition) is 4. The van der Waals surface area contributed by atoms with Gasteiger partial charge in [0, 0.05) is 49.8 Å². The predicted molar refractivity (Wildman–Crippen MR) is 175 cm³/mol. The SMILES string of the molecule is CCCN(CCC)C(=O)c1cc(C)cc(C(=O)C[C@@H](Cc2cc(F)cc(F)c2)[C@H](O)[C@@H]2CCCCN(Cc3ccccc3)C2=O)c1. The molecule has 3 aromatic carbocycles. The molecule has 2 amide bonds. The van der Waals surface area contributed by atoms with E-state index in [2.05, 4.69) is 0 Å². The highest BCUT2D eigenvalue weighted by Gasteiger charge is 2.37. The number of rotatable bonds is 14. The fourth-order valence-electron chi connectivity index (χ4n) is 6.55. The van der Waals surface area contributed by atoms with Gasteiger partial charge in [0.1, 0.15) is 11.6 Å². The Morgan fingerprint density at radius 2 is 1.57 bits per heavy atom. The van der Waals surface area contributed by atoms with E-state index in [1.807, 2.05) is 51.1 Å². The lowest BCUT2D eigenvalue weighted by Crippen LogP contribution is -2.43. The minimum absolute atomic E-state index is 0.00241. The van der Waals surface area contributed by atoms with E-state index >= 15 is 0 Å². The molecule has 0 bridgehead atoms. The number of ketones is 1. The zero-order valence-corrected chi connectivity index (χ0v) is 27.2. The highest BCUT2D eigenvalue weighted by Crippen LogP contribution is 2.31. The molecule has 6 nitrogen and oxygen atoms in total. The summed E-state index contributed by atoms with van der Waals surface area (Å²) in [6.07, 6.45) is 2.20. The van der Waals surface area contributed by atoms with Gasteiger partial charge < -0.3 is 14.9 Å². The maximum Gasteiger partial charge on any atom is 0.253 e. The van der Waals surface area contributed by atoms with E-state index in [1.54, 1.807) is 28.0 Å². The number of aliphatic hydroxyl groups is 1. The van der Waals surface area contributed by atoms with Gasteiger partial charge in [-0.2, -0.15) is 0 Å². The third-order valence-corrected chi connectivity index (χ3v) is 8.72. The monoisotopic (exact) mass is 632 g/mol. The van der Waals surface area contributed by atoms with Crippen LogP contribution in [0.25, 0.3) is 0 Å². The molecule has 4 rings (SSSR count). The first-order chi connectivity index (χ1) is 22.1. The van der Waals surface area contributed by atoms with Gasteiger partial charge in [0.25, 0.3) is 5.91 Å². The summed E-state index contributed by atoms with van der Waals surface area (Å²) in [5.41, 5.74) is 2.78. The number of carbonyl (C=O) groups excluding carboxylic acids is 3. The first-order valence-electron chi connectivity index (χ1n) is 16.5. The number of aryl methyl sites for hydroxylation is 1. The van der Waals surface area contributed by atoms with Crippen LogP contribution in [0.1, 0.15) is 89.8 Å². The van der Waals surface area contributed by atoms with Crippen molar-refractivity contribution in [1.29, 1.82) is 0 Å². The van der Waals surface area contributed by atoms with Crippen molar-refractivity contribution >= 4 is 17.6 Å². The van der Waals surface area contributed by atoms with Gasteiger partial charge in [-0.05, 0) is 92.0 Å². The number of halogens is 2. The summed E-state index contributed by atoms with van der Waals surface area (Å²) >= 11 is 0. The van der Waals surface area contributed by atoms with Crippen LogP contribution in [-0.4, -0.2) is 58.2 Å². The van der Waals surface area contributed by atoms with E-state index in [9.17, 15) is 28.3 Å². The van der Waals surface area contributed by atoms with Crippen molar-refractivity contribution in [2.45, 2.75) is 78.4 Å². The molecule has 246 valence electrons. The minimum Gasteiger partial charge on any atom is -0.392 e. The van der Waals surface area contributed by atoms with Gasteiger partial charge in [0.15, 0.2) is 5.78 Å². The number of amides is 2. The van der Waals surface area contributed by atoms with E-state index in [1.165, 1.54) is 12.1 Å². The van der Waals surface area contributed by atoms with Crippen LogP contribution in [0.3, 0.4) is 0 Å². The summed E-state index contributed by atoms with van der Waals surface area (Å²) in [6.45, 7) is 8.04. The van der Waals surface area contributed by atoms with Crippen molar-refractivity contribution in [2.24, 2.45) is 11.8 Å². The first-order valence-corrected chi connectivity index (χ1v) is 16.5. The van der Waals surface area contributed by atoms with Crippen molar-refractivity contribution in [2.75, 3.05) is 19.6 Å². The largest absolute Gasteiger partial charge is 0.392 e. The maximum atomic E-state index is 14.2. The molecule has 3 atom stereocenters. The standard InChI is InChI=1S/C38H46F2N2O4/c1-4-14-41(15-5-2)37(45)31-18-26(3)17-29(22-31)35(43)23-30(19-28-20-32(39)24-33(40)21-28)36(44)34-13-9-10-16-42(38(34)46)25-27-11-7-6-8-12-27/h6-8,11-12,17-18,20-22,24,30,34,36,44H,4-5,9-10,13-16,19,23,25H2,1-3H3/t30-,34+,36+/m1/s1. The summed E-state index contributed by atoms with van der Waals surface area (Å²) in [6, 6.07) is 17.9. The molecule has 3 aromatic rings. The quantitative estimate of drug-likeness (QED) is 0.192. The van der Waals surface area contributed by atoms with Crippen molar-refractivity contribution in [3.63, 3.8) is 0 Å². The molecule has 1 aliphatic rings. The summed E-state index contributed by atoms with van der Waals surface area (Å²) < 4.78 is 28.4. The summed E-state index contributed by atoms with van der Waals surface area (Å²) in [7, 11) is 0. The molecule has 0 spiro atoms. The molecular formula is C38H46F2N2O4. The lowest BCUT2D eigenvalue weighted by molar-refractivity contribution is -0.140. The van der Waals surface area contributed by atoms with E-state index in [0.717, 1.165) is 42.9 Å². The van der Waals surface area contributed by atoms with Crippen LogP contribution in [0.15, 0.2) is 66.7 Å². The molecule has 1 saturated heterocycles. The molecule has 0 saturated carbocycles. The number of benzene rings is 3. The molecule has 0 aliphatic carbocycles. The Balaban J connectivity index is 1.63. The van der Waals surface area contributed by atoms with Crippen LogP contribution < -0.4 is 0 Å². The molecule has 0 aromatic heterocycles. The van der Waals surface area contributed by atoms with Crippen molar-refractivity contribution in [3.8, 4) is 0 Å². The second kappa shape index (κ2) is 16.6. The summed E-state index contributed by atoms with van der Waals surface area (Å²) in [4.78, 5) is 44.7. The van der Waals surface area contributed by atoms with Crippen LogP contribution in [0.4, 0.5) is 8.78 Å². The smallest absolute Gasteiger partial charge is 0.253 e. The lowest BCUT2D eigenvalue weighted by Gasteiger charge is -2.31. The molecule has 1 aliphatic heterocycles. The van der Waals surface area contributed by atoms with Crippen molar-refractivity contribution in [1.82, 2.24) is 9.80 Å². The minimum atomic E-state index is -1.23. The van der Waals surface area contributed by atoms with Gasteiger partial charge in [-0.3, -0.25) is 14.4 Å². The Morgan fingerprint density at radius 3 is 2.22 bits per heavy atom. The van der Waals surface area contributed by atoms with Gasteiger partial charge in [-0.15, -0.1) is 0 Å². The Hall–Kier alpha value is -3.91. The number of nitrogens with zero attached hydrogens (tertiary/aromatic N) is 2. The Labute approximate surface area is 271 Å². The van der Waals surface area contributed by atoms with Crippen molar-refractivity contribution < 1.29 is 28.3 Å². The van der Waals surface area contributed by atoms with Crippen LogP contribution in [-0.2, 0) is 17.8 Å². The number of aliphatic hydroxyl groups excluding tert-OH is 1. The third-order valence-electron chi connectivity index (χ3n) is 8.72. The topological polar surface area (TPSA) is 77.9 Å². The summed E-state index contributed by atoms with van der Waals surface area (Å²) in [5.74, 6) is -3.70. The fourth-order valence-corrected chi connectivity index (χ4v) is 6.55. The third kappa shape index (κ3) is 9.32. The van der Waals surface area contributed by atoms with E-state index in [4.69, 9.17) is 0 Å². The highest BCUT2D eigenvalue weighted by atomic mass is 19.1. The van der Waals surface area contributed by atoms with Gasteiger partial charge in [-0.25, -0.2) is 8.78 Å². The van der Waals surface area contributed by atoms with E-state index in [0.29, 0.717) is 49.3 Å². The predicted octanol–water partition coefficient (Wildman–Crippen LogP) is 7.16. The zero-order chi connectivity index (χ0) is 33.2. The molecule has 1 fully saturated rings. The second-order valence-corrected chi connectivity index (χ2v) is 12.6. The molecule has 0 radical (unpaired) electrons. The van der Waals surface area contributed by atoms with Crippen LogP contribution in [0.2, 0.25) is 0 Å². The second-order valence-electron chi connectivity index (χ2n) is 12.6. The maximum absolute atomic E-state index is 14.2. The van der Waals surface area contributed by atoms with Crippen LogP contribution in [0.5, 0.6) is 0 Å². The van der Waals surface area contributed by atoms with Gasteiger partial charge in [-0.1, -0.05) is 50.6 Å². The van der Waals surface area contributed by atoms with Crippen molar-refractivity contribution in [3.05, 3.63) is 106 Å². The zero-order valence-electron chi connectivity index (χ0n) is 27.2. The highest BCUT2D eigenvalue weighted by molar-refractivity contribution is 6.01. The Bertz CT molecular complexity index is 1470. The summed E-state index contributed by atoms with van der Waals surface area (Å²) in [5, 5.41) is 11.8. The number of hydrogen-bond donors (Lipinski definition) is 1. The Kier molecular flexibility index (Phi) is 12.6. The molecule has 1 heterocycles. The van der Waals surface area contributed by atoms with E-state index in [-0.39, 0.29) is 30.4 Å². The first kappa shape index (κ1) is 35.0. The normalized spacial score (nSPS) is 16.5. The molecular weight excluding hydrogens is 586 g/mol. The number of carbonyl (C=O) groups is 3. The molecule has 46 heavy (non-hydrogen) atoms. The molecule has 1 N–H and O–H groups in total. The lowest BCUT2D eigenvalue weighted by atomic mass is 9.80. The number of likely N-dealkylation sites (tertiary alicyclic amines) is 1. The number of Topliss-reactive ketones (excluding diaryl/α,β-unsaturated/α-hetero) is 1. The van der Waals surface area contributed by atoms with Gasteiger partial charge in [0.05, 0.1) is 12.0 Å². The van der Waals surface area contributed by atoms with Crippen LogP contribution in [0, 0.1) is 30.4 Å². The average Bonchev–Trinajstić information content (AvgIpc) is 3.20. The average molecular weight is 633 g/mol. The van der Waals surface area contributed by atoms with Gasteiger partial charge in [0.2, 0.25) is 5.91 Å².